The maximum absolute atomic E-state index is 13.1. The molecule has 0 radical (unpaired) electrons. The molecule has 3 fully saturated rings. The van der Waals surface area contributed by atoms with E-state index in [2.05, 4.69) is 13.0 Å². The molecule has 1 saturated heterocycles. The van der Waals surface area contributed by atoms with E-state index in [0.29, 0.717) is 17.6 Å². The summed E-state index contributed by atoms with van der Waals surface area (Å²) in [5.41, 5.74) is 0.336. The lowest BCUT2D eigenvalue weighted by molar-refractivity contribution is -0.185. The van der Waals surface area contributed by atoms with Gasteiger partial charge in [-0.1, -0.05) is 12.5 Å². The van der Waals surface area contributed by atoms with E-state index < -0.39 is 5.60 Å². The normalized spacial score (nSPS) is 53.3. The maximum atomic E-state index is 13.1. The molecule has 1 heterocycles. The fourth-order valence-electron chi connectivity index (χ4n) is 5.44. The van der Waals surface area contributed by atoms with Crippen molar-refractivity contribution in [1.82, 2.24) is 0 Å². The lowest BCUT2D eigenvalue weighted by Crippen LogP contribution is -2.60. The van der Waals surface area contributed by atoms with Crippen molar-refractivity contribution < 1.29 is 14.3 Å². The standard InChI is InChI=1S/C15H20O3/c1-9-8-14-6-3-4-10(14)11-5-7-18-12(9)15(11,17-2)13(14)16/h8,10-12H,3-7H2,1-2H3/t10-,11-,12+,14+,15-/m1/s1. The third kappa shape index (κ3) is 0.925. The summed E-state index contributed by atoms with van der Waals surface area (Å²) < 4.78 is 11.7. The first-order valence-electron chi connectivity index (χ1n) is 7.08. The molecule has 0 amide bonds. The third-order valence-corrected chi connectivity index (χ3v) is 5.92. The summed E-state index contributed by atoms with van der Waals surface area (Å²) in [6, 6.07) is 0. The molecule has 0 aromatic rings. The van der Waals surface area contributed by atoms with Gasteiger partial charge in [0, 0.05) is 19.6 Å². The minimum atomic E-state index is -0.665. The Balaban J connectivity index is 1.99. The molecule has 98 valence electrons. The Kier molecular flexibility index (Phi) is 2.02. The van der Waals surface area contributed by atoms with E-state index in [0.717, 1.165) is 19.4 Å². The molecule has 1 spiro atoms. The lowest BCUT2D eigenvalue weighted by atomic mass is 9.71. The summed E-state index contributed by atoms with van der Waals surface area (Å²) in [4.78, 5) is 13.1. The molecule has 0 unspecified atom stereocenters. The van der Waals surface area contributed by atoms with Gasteiger partial charge < -0.3 is 9.47 Å². The van der Waals surface area contributed by atoms with E-state index in [-0.39, 0.29) is 11.5 Å². The molecule has 3 aliphatic carbocycles. The van der Waals surface area contributed by atoms with Crippen molar-refractivity contribution >= 4 is 5.78 Å². The molecule has 0 aromatic carbocycles. The number of hydrogen-bond donors (Lipinski definition) is 0. The smallest absolute Gasteiger partial charge is 0.178 e. The number of ether oxygens (including phenoxy) is 2. The number of carbonyl (C=O) groups excluding carboxylic acids is 1. The van der Waals surface area contributed by atoms with Crippen molar-refractivity contribution in [1.29, 1.82) is 0 Å². The van der Waals surface area contributed by atoms with Gasteiger partial charge in [-0.05, 0) is 37.7 Å². The number of hydrogen-bond acceptors (Lipinski definition) is 3. The number of fused-ring (bicyclic) bond motifs is 1. The molecule has 3 nitrogen and oxygen atoms in total. The quantitative estimate of drug-likeness (QED) is 0.667. The highest BCUT2D eigenvalue weighted by Gasteiger charge is 2.74. The van der Waals surface area contributed by atoms with Crippen LogP contribution in [0.1, 0.15) is 32.6 Å². The Morgan fingerprint density at radius 1 is 1.39 bits per heavy atom. The Morgan fingerprint density at radius 2 is 2.22 bits per heavy atom. The van der Waals surface area contributed by atoms with Gasteiger partial charge in [0.1, 0.15) is 6.10 Å². The van der Waals surface area contributed by atoms with Gasteiger partial charge in [0.15, 0.2) is 11.4 Å². The van der Waals surface area contributed by atoms with Crippen molar-refractivity contribution in [3.8, 4) is 0 Å². The Labute approximate surface area is 108 Å². The van der Waals surface area contributed by atoms with Crippen molar-refractivity contribution in [3.05, 3.63) is 11.6 Å². The number of carbonyl (C=O) groups is 1. The zero-order valence-electron chi connectivity index (χ0n) is 11.1. The number of ketones is 1. The van der Waals surface area contributed by atoms with Gasteiger partial charge in [0.25, 0.3) is 0 Å². The van der Waals surface area contributed by atoms with Crippen LogP contribution in [0.5, 0.6) is 0 Å². The molecule has 4 rings (SSSR count). The second-order valence-corrected chi connectivity index (χ2v) is 6.40. The summed E-state index contributed by atoms with van der Waals surface area (Å²) in [5, 5.41) is 0. The summed E-state index contributed by atoms with van der Waals surface area (Å²) in [6.07, 6.45) is 6.46. The molecule has 18 heavy (non-hydrogen) atoms. The van der Waals surface area contributed by atoms with Crippen molar-refractivity contribution in [3.63, 3.8) is 0 Å². The SMILES string of the molecule is CO[C@@]12C(=O)[C@@]34C=C(C)[C@@H]1OCC[C@@H]2[C@H]3CCC4. The van der Waals surface area contributed by atoms with E-state index >= 15 is 0 Å². The minimum absolute atomic E-state index is 0.134. The molecule has 2 saturated carbocycles. The van der Waals surface area contributed by atoms with Crippen LogP contribution < -0.4 is 0 Å². The molecule has 4 aliphatic rings. The maximum Gasteiger partial charge on any atom is 0.178 e. The Hall–Kier alpha value is -0.670. The van der Waals surface area contributed by atoms with Crippen LogP contribution in [0.15, 0.2) is 11.6 Å². The minimum Gasteiger partial charge on any atom is -0.370 e. The highest BCUT2D eigenvalue weighted by atomic mass is 16.6. The van der Waals surface area contributed by atoms with E-state index in [1.807, 2.05) is 0 Å². The van der Waals surface area contributed by atoms with Crippen LogP contribution in [0.25, 0.3) is 0 Å². The van der Waals surface area contributed by atoms with Gasteiger partial charge in [-0.3, -0.25) is 4.79 Å². The van der Waals surface area contributed by atoms with Crippen LogP contribution in [0, 0.1) is 17.3 Å². The van der Waals surface area contributed by atoms with Gasteiger partial charge in [0.05, 0.1) is 5.41 Å². The van der Waals surface area contributed by atoms with Gasteiger partial charge >= 0.3 is 0 Å². The van der Waals surface area contributed by atoms with Crippen LogP contribution in [0.2, 0.25) is 0 Å². The first kappa shape index (κ1) is 11.2. The van der Waals surface area contributed by atoms with E-state index in [9.17, 15) is 4.79 Å². The van der Waals surface area contributed by atoms with Crippen molar-refractivity contribution in [2.75, 3.05) is 13.7 Å². The summed E-state index contributed by atoms with van der Waals surface area (Å²) >= 11 is 0. The average molecular weight is 248 g/mol. The highest BCUT2D eigenvalue weighted by molar-refractivity contribution is 6.00. The van der Waals surface area contributed by atoms with Crippen LogP contribution in [-0.4, -0.2) is 31.2 Å². The van der Waals surface area contributed by atoms with E-state index in [1.54, 1.807) is 7.11 Å². The fraction of sp³-hybridized carbons (Fsp3) is 0.800. The molecule has 1 aliphatic heterocycles. The highest BCUT2D eigenvalue weighted by Crippen LogP contribution is 2.66. The molecule has 3 heteroatoms. The van der Waals surface area contributed by atoms with Gasteiger partial charge in [-0.25, -0.2) is 0 Å². The fourth-order valence-corrected chi connectivity index (χ4v) is 5.44. The largest absolute Gasteiger partial charge is 0.370 e. The molecular formula is C15H20O3. The van der Waals surface area contributed by atoms with Crippen LogP contribution in [-0.2, 0) is 14.3 Å². The summed E-state index contributed by atoms with van der Waals surface area (Å²) in [7, 11) is 1.69. The average Bonchev–Trinajstić information content (AvgIpc) is 2.85. The molecule has 5 atom stereocenters. The van der Waals surface area contributed by atoms with Crippen molar-refractivity contribution in [2.24, 2.45) is 17.3 Å². The van der Waals surface area contributed by atoms with Gasteiger partial charge in [-0.15, -0.1) is 0 Å². The predicted molar refractivity (Wildman–Crippen MR) is 66.1 cm³/mol. The zero-order chi connectivity index (χ0) is 12.5. The van der Waals surface area contributed by atoms with Crippen LogP contribution in [0.4, 0.5) is 0 Å². The number of Topliss-reactive ketones (excluding diaryl/α,β-unsaturated/α-hetero) is 1. The predicted octanol–water partition coefficient (Wildman–Crippen LogP) is 2.11. The van der Waals surface area contributed by atoms with Gasteiger partial charge in [-0.2, -0.15) is 0 Å². The lowest BCUT2D eigenvalue weighted by Gasteiger charge is -2.46. The number of allylic oxidation sites excluding steroid dienone is 1. The molecule has 0 N–H and O–H groups in total. The molecule has 2 bridgehead atoms. The van der Waals surface area contributed by atoms with Crippen LogP contribution in [0.3, 0.4) is 0 Å². The van der Waals surface area contributed by atoms with E-state index in [4.69, 9.17) is 9.47 Å². The second kappa shape index (κ2) is 3.26. The van der Waals surface area contributed by atoms with Crippen LogP contribution >= 0.6 is 0 Å². The zero-order valence-corrected chi connectivity index (χ0v) is 11.1. The number of methoxy groups -OCH3 is 1. The Bertz CT molecular complexity index is 455. The third-order valence-electron chi connectivity index (χ3n) is 5.92. The first-order valence-corrected chi connectivity index (χ1v) is 7.08. The van der Waals surface area contributed by atoms with E-state index in [1.165, 1.54) is 18.4 Å². The summed E-state index contributed by atoms with van der Waals surface area (Å²) in [6.45, 7) is 2.88. The number of rotatable bonds is 1. The van der Waals surface area contributed by atoms with Crippen molar-refractivity contribution in [2.45, 2.75) is 44.3 Å². The second-order valence-electron chi connectivity index (χ2n) is 6.40. The summed E-state index contributed by atoms with van der Waals surface area (Å²) in [5.74, 6) is 1.18. The molecule has 0 aromatic heterocycles. The van der Waals surface area contributed by atoms with Gasteiger partial charge in [0.2, 0.25) is 0 Å². The Morgan fingerprint density at radius 3 is 3.00 bits per heavy atom. The topological polar surface area (TPSA) is 35.5 Å². The molecular weight excluding hydrogens is 228 g/mol. The first-order chi connectivity index (χ1) is 8.67. The monoisotopic (exact) mass is 248 g/mol.